The number of halogens is 3. The third-order valence-electron chi connectivity index (χ3n) is 2.29. The van der Waals surface area contributed by atoms with Gasteiger partial charge in [-0.15, -0.1) is 0 Å². The molecule has 0 spiro atoms. The molecule has 0 unspecified atom stereocenters. The van der Waals surface area contributed by atoms with Crippen LogP contribution in [-0.4, -0.2) is 4.98 Å². The molecule has 0 aliphatic carbocycles. The number of pyridine rings is 1. The Labute approximate surface area is 102 Å². The lowest BCUT2D eigenvalue weighted by Crippen LogP contribution is -1.99. The summed E-state index contributed by atoms with van der Waals surface area (Å²) in [6.45, 7) is 0. The number of hydrogen-bond donors (Lipinski definition) is 1. The summed E-state index contributed by atoms with van der Waals surface area (Å²) < 4.78 is 26.0. The summed E-state index contributed by atoms with van der Waals surface area (Å²) in [7, 11) is 0. The molecule has 5 heteroatoms. The average molecular weight is 255 g/mol. The molecule has 2 rings (SSSR count). The van der Waals surface area contributed by atoms with E-state index in [2.05, 4.69) is 4.98 Å². The van der Waals surface area contributed by atoms with Gasteiger partial charge in [0.05, 0.1) is 5.02 Å². The first kappa shape index (κ1) is 11.8. The smallest absolute Gasteiger partial charge is 0.126 e. The van der Waals surface area contributed by atoms with Crippen molar-refractivity contribution in [2.45, 2.75) is 6.42 Å². The van der Waals surface area contributed by atoms with Crippen LogP contribution in [0, 0.1) is 11.6 Å². The minimum Gasteiger partial charge on any atom is -0.383 e. The van der Waals surface area contributed by atoms with Crippen LogP contribution in [0.2, 0.25) is 5.02 Å². The quantitative estimate of drug-likeness (QED) is 0.894. The molecule has 0 saturated carbocycles. The Morgan fingerprint density at radius 2 is 1.76 bits per heavy atom. The molecule has 0 aliphatic rings. The molecule has 0 atom stereocenters. The Morgan fingerprint density at radius 3 is 2.41 bits per heavy atom. The molecule has 1 aromatic carbocycles. The number of hydrogen-bond acceptors (Lipinski definition) is 2. The van der Waals surface area contributed by atoms with Crippen LogP contribution >= 0.6 is 11.6 Å². The highest BCUT2D eigenvalue weighted by Crippen LogP contribution is 2.19. The van der Waals surface area contributed by atoms with Crippen molar-refractivity contribution in [1.29, 1.82) is 0 Å². The number of benzene rings is 1. The Hall–Kier alpha value is -1.68. The molecule has 2 N–H and O–H groups in total. The Morgan fingerprint density at radius 1 is 1.12 bits per heavy atom. The fraction of sp³-hybridized carbons (Fsp3) is 0.0833. The zero-order chi connectivity index (χ0) is 12.4. The van der Waals surface area contributed by atoms with Gasteiger partial charge in [0.1, 0.15) is 17.5 Å². The van der Waals surface area contributed by atoms with Crippen molar-refractivity contribution in [3.8, 4) is 0 Å². The van der Waals surface area contributed by atoms with Gasteiger partial charge < -0.3 is 5.73 Å². The largest absolute Gasteiger partial charge is 0.383 e. The lowest BCUT2D eigenvalue weighted by Gasteiger charge is -2.06. The third-order valence-corrected chi connectivity index (χ3v) is 2.49. The number of nitrogens with two attached hydrogens (primary N) is 1. The molecule has 2 nitrogen and oxygen atoms in total. The van der Waals surface area contributed by atoms with E-state index in [1.807, 2.05) is 0 Å². The van der Waals surface area contributed by atoms with Crippen LogP contribution in [0.4, 0.5) is 14.6 Å². The third kappa shape index (κ3) is 2.91. The summed E-state index contributed by atoms with van der Waals surface area (Å²) in [5.74, 6) is -0.929. The molecule has 17 heavy (non-hydrogen) atoms. The molecule has 0 bridgehead atoms. The van der Waals surface area contributed by atoms with Crippen molar-refractivity contribution in [3.05, 3.63) is 58.2 Å². The second-order valence-electron chi connectivity index (χ2n) is 3.65. The van der Waals surface area contributed by atoms with Gasteiger partial charge in [0, 0.05) is 24.2 Å². The van der Waals surface area contributed by atoms with Crippen LogP contribution < -0.4 is 5.73 Å². The van der Waals surface area contributed by atoms with E-state index < -0.39 is 11.6 Å². The van der Waals surface area contributed by atoms with Gasteiger partial charge in [-0.3, -0.25) is 0 Å². The number of anilines is 1. The van der Waals surface area contributed by atoms with Crippen LogP contribution in [0.15, 0.2) is 30.5 Å². The van der Waals surface area contributed by atoms with Gasteiger partial charge in [-0.25, -0.2) is 13.8 Å². The van der Waals surface area contributed by atoms with E-state index in [0.717, 1.165) is 6.07 Å². The van der Waals surface area contributed by atoms with Crippen molar-refractivity contribution in [2.24, 2.45) is 0 Å². The summed E-state index contributed by atoms with van der Waals surface area (Å²) in [5, 5.41) is 0.436. The number of nitrogen functional groups attached to an aromatic ring is 1. The van der Waals surface area contributed by atoms with Crippen molar-refractivity contribution >= 4 is 17.4 Å². The van der Waals surface area contributed by atoms with Crippen LogP contribution in [0.5, 0.6) is 0 Å². The fourth-order valence-electron chi connectivity index (χ4n) is 1.57. The van der Waals surface area contributed by atoms with E-state index in [-0.39, 0.29) is 6.42 Å². The van der Waals surface area contributed by atoms with Gasteiger partial charge >= 0.3 is 0 Å². The van der Waals surface area contributed by atoms with E-state index >= 15 is 0 Å². The topological polar surface area (TPSA) is 38.9 Å². The molecule has 2 aromatic rings. The van der Waals surface area contributed by atoms with E-state index in [1.165, 1.54) is 18.3 Å². The van der Waals surface area contributed by atoms with Crippen molar-refractivity contribution in [1.82, 2.24) is 4.98 Å². The molecule has 0 saturated heterocycles. The van der Waals surface area contributed by atoms with Gasteiger partial charge in [-0.2, -0.15) is 0 Å². The minimum absolute atomic E-state index is 0.286. The van der Waals surface area contributed by atoms with Crippen LogP contribution in [0.1, 0.15) is 11.1 Å². The first-order valence-corrected chi connectivity index (χ1v) is 5.27. The van der Waals surface area contributed by atoms with Crippen LogP contribution in [0.25, 0.3) is 0 Å². The maximum atomic E-state index is 13.0. The highest BCUT2D eigenvalue weighted by atomic mass is 35.5. The lowest BCUT2D eigenvalue weighted by molar-refractivity contribution is 0.580. The maximum Gasteiger partial charge on any atom is 0.126 e. The van der Waals surface area contributed by atoms with Crippen molar-refractivity contribution in [3.63, 3.8) is 0 Å². The Bertz CT molecular complexity index is 538. The number of aromatic nitrogens is 1. The van der Waals surface area contributed by atoms with Gasteiger partial charge in [0.25, 0.3) is 0 Å². The van der Waals surface area contributed by atoms with Crippen LogP contribution in [-0.2, 0) is 6.42 Å². The second kappa shape index (κ2) is 4.67. The zero-order valence-corrected chi connectivity index (χ0v) is 9.51. The SMILES string of the molecule is Nc1ncc(Cl)cc1Cc1cc(F)cc(F)c1. The monoisotopic (exact) mass is 254 g/mol. The van der Waals surface area contributed by atoms with Gasteiger partial charge in [0.2, 0.25) is 0 Å². The summed E-state index contributed by atoms with van der Waals surface area (Å²) >= 11 is 5.78. The second-order valence-corrected chi connectivity index (χ2v) is 4.09. The molecule has 0 radical (unpaired) electrons. The lowest BCUT2D eigenvalue weighted by atomic mass is 10.1. The van der Waals surface area contributed by atoms with Gasteiger partial charge in [-0.1, -0.05) is 11.6 Å². The van der Waals surface area contributed by atoms with E-state index in [1.54, 1.807) is 6.07 Å². The zero-order valence-electron chi connectivity index (χ0n) is 8.75. The first-order valence-electron chi connectivity index (χ1n) is 4.89. The minimum atomic E-state index is -0.617. The predicted molar refractivity (Wildman–Crippen MR) is 62.8 cm³/mol. The molecule has 0 amide bonds. The molecule has 0 aliphatic heterocycles. The molecular formula is C12H9ClF2N2. The van der Waals surface area contributed by atoms with Crippen molar-refractivity contribution in [2.75, 3.05) is 5.73 Å². The Kier molecular flexibility index (Phi) is 3.24. The van der Waals surface area contributed by atoms with Crippen LogP contribution in [0.3, 0.4) is 0 Å². The molecule has 0 fully saturated rings. The molecule has 1 heterocycles. The van der Waals surface area contributed by atoms with E-state index in [9.17, 15) is 8.78 Å². The summed E-state index contributed by atoms with van der Waals surface area (Å²) in [6, 6.07) is 4.96. The van der Waals surface area contributed by atoms with E-state index in [4.69, 9.17) is 17.3 Å². The highest BCUT2D eigenvalue weighted by molar-refractivity contribution is 6.30. The Balaban J connectivity index is 2.34. The first-order chi connectivity index (χ1) is 8.04. The summed E-state index contributed by atoms with van der Waals surface area (Å²) in [5.41, 5.74) is 6.78. The molecule has 1 aromatic heterocycles. The highest BCUT2D eigenvalue weighted by Gasteiger charge is 2.06. The molecule has 88 valence electrons. The molecular weight excluding hydrogens is 246 g/mol. The van der Waals surface area contributed by atoms with Gasteiger partial charge in [-0.05, 0) is 23.8 Å². The maximum absolute atomic E-state index is 13.0. The standard InChI is InChI=1S/C12H9ClF2N2/c13-9-4-8(12(16)17-6-9)1-7-2-10(14)5-11(15)3-7/h2-6H,1H2,(H2,16,17). The van der Waals surface area contributed by atoms with Gasteiger partial charge in [0.15, 0.2) is 0 Å². The normalized spacial score (nSPS) is 10.5. The average Bonchev–Trinajstić information content (AvgIpc) is 2.22. The van der Waals surface area contributed by atoms with E-state index in [0.29, 0.717) is 22.0 Å². The predicted octanol–water partition coefficient (Wildman–Crippen LogP) is 3.19. The fourth-order valence-corrected chi connectivity index (χ4v) is 1.75. The summed E-state index contributed by atoms with van der Waals surface area (Å²) in [6.07, 6.45) is 1.71. The van der Waals surface area contributed by atoms with Crippen molar-refractivity contribution < 1.29 is 8.78 Å². The number of nitrogens with zero attached hydrogens (tertiary/aromatic N) is 1. The number of rotatable bonds is 2. The summed E-state index contributed by atoms with van der Waals surface area (Å²) in [4.78, 5) is 3.88.